The van der Waals surface area contributed by atoms with Crippen molar-refractivity contribution in [3.05, 3.63) is 23.8 Å². The number of hydrogen-bond acceptors (Lipinski definition) is 3. The molecule has 0 fully saturated rings. The number of fused-ring (bicyclic) bond motifs is 1. The molecule has 1 heterocycles. The fraction of sp³-hybridized carbons (Fsp3) is 0.385. The first-order valence-electron chi connectivity index (χ1n) is 5.85. The molecule has 5 nitrogen and oxygen atoms in total. The van der Waals surface area contributed by atoms with E-state index in [0.717, 1.165) is 12.0 Å². The monoisotopic (exact) mass is 249 g/mol. The number of ether oxygens (including phenoxy) is 1. The predicted octanol–water partition coefficient (Wildman–Crippen LogP) is 1.45. The van der Waals surface area contributed by atoms with Crippen LogP contribution in [0, 0.1) is 0 Å². The van der Waals surface area contributed by atoms with E-state index in [1.54, 1.807) is 6.07 Å². The Morgan fingerprint density at radius 3 is 2.89 bits per heavy atom. The van der Waals surface area contributed by atoms with Gasteiger partial charge < -0.3 is 9.84 Å². The Kier molecular flexibility index (Phi) is 3.23. The van der Waals surface area contributed by atoms with Gasteiger partial charge in [0.15, 0.2) is 6.61 Å². The van der Waals surface area contributed by atoms with Crippen molar-refractivity contribution in [1.29, 1.82) is 0 Å². The average Bonchev–Trinajstić information content (AvgIpc) is 2.37. The molecule has 1 N–H and O–H groups in total. The molecule has 0 saturated carbocycles. The first kappa shape index (κ1) is 12.4. The first-order valence-corrected chi connectivity index (χ1v) is 5.85. The summed E-state index contributed by atoms with van der Waals surface area (Å²) >= 11 is 0. The lowest BCUT2D eigenvalue weighted by Crippen LogP contribution is -2.48. The Bertz CT molecular complexity index is 498. The van der Waals surface area contributed by atoms with Crippen LogP contribution in [0.25, 0.3) is 0 Å². The van der Waals surface area contributed by atoms with E-state index >= 15 is 0 Å². The van der Waals surface area contributed by atoms with Gasteiger partial charge in [-0.05, 0) is 31.0 Å². The Labute approximate surface area is 105 Å². The number of benzene rings is 1. The Morgan fingerprint density at radius 2 is 2.28 bits per heavy atom. The fourth-order valence-corrected chi connectivity index (χ4v) is 1.97. The van der Waals surface area contributed by atoms with Gasteiger partial charge in [-0.1, -0.05) is 13.0 Å². The van der Waals surface area contributed by atoms with Gasteiger partial charge in [-0.25, -0.2) is 4.79 Å². The summed E-state index contributed by atoms with van der Waals surface area (Å²) in [7, 11) is 0. The normalized spacial score (nSPS) is 15.9. The van der Waals surface area contributed by atoms with Crippen molar-refractivity contribution in [3.63, 3.8) is 0 Å². The molecule has 0 radical (unpaired) electrons. The molecule has 1 aliphatic heterocycles. The van der Waals surface area contributed by atoms with Crippen molar-refractivity contribution in [2.24, 2.45) is 0 Å². The zero-order valence-corrected chi connectivity index (χ0v) is 10.3. The van der Waals surface area contributed by atoms with Gasteiger partial charge in [-0.2, -0.15) is 0 Å². The van der Waals surface area contributed by atoms with Gasteiger partial charge in [-0.15, -0.1) is 0 Å². The number of carboxylic acid groups (broad SMARTS) is 1. The largest absolute Gasteiger partial charge is 0.482 e. The molecule has 96 valence electrons. The number of carbonyl (C=O) groups excluding carboxylic acids is 1. The van der Waals surface area contributed by atoms with Gasteiger partial charge in [-0.3, -0.25) is 9.69 Å². The summed E-state index contributed by atoms with van der Waals surface area (Å²) < 4.78 is 5.31. The topological polar surface area (TPSA) is 66.8 Å². The summed E-state index contributed by atoms with van der Waals surface area (Å²) in [5.74, 6) is -0.802. The van der Waals surface area contributed by atoms with Gasteiger partial charge in [0.1, 0.15) is 11.8 Å². The van der Waals surface area contributed by atoms with Crippen LogP contribution in [0.4, 0.5) is 5.69 Å². The number of anilines is 1. The Morgan fingerprint density at radius 1 is 1.56 bits per heavy atom. The smallest absolute Gasteiger partial charge is 0.326 e. The first-order chi connectivity index (χ1) is 8.54. The fourth-order valence-electron chi connectivity index (χ4n) is 1.97. The second-order valence-electron chi connectivity index (χ2n) is 4.22. The predicted molar refractivity (Wildman–Crippen MR) is 65.9 cm³/mol. The molecule has 1 aromatic rings. The highest BCUT2D eigenvalue weighted by Gasteiger charge is 2.32. The third-order valence-corrected chi connectivity index (χ3v) is 3.06. The number of aryl methyl sites for hydroxylation is 1. The summed E-state index contributed by atoms with van der Waals surface area (Å²) in [5, 5.41) is 9.07. The minimum absolute atomic E-state index is 0.115. The van der Waals surface area contributed by atoms with E-state index in [9.17, 15) is 9.59 Å². The van der Waals surface area contributed by atoms with Gasteiger partial charge in [0, 0.05) is 0 Å². The van der Waals surface area contributed by atoms with Gasteiger partial charge in [0.2, 0.25) is 0 Å². The highest BCUT2D eigenvalue weighted by Crippen LogP contribution is 2.34. The van der Waals surface area contributed by atoms with E-state index in [1.165, 1.54) is 11.8 Å². The number of nitrogens with zero attached hydrogens (tertiary/aromatic N) is 1. The summed E-state index contributed by atoms with van der Waals surface area (Å²) in [5.41, 5.74) is 1.58. The van der Waals surface area contributed by atoms with Crippen molar-refractivity contribution < 1.29 is 19.4 Å². The third-order valence-electron chi connectivity index (χ3n) is 3.06. The van der Waals surface area contributed by atoms with Crippen LogP contribution in [-0.4, -0.2) is 29.6 Å². The SMILES string of the molecule is CCc1ccc2c(c1)N(C(C)C(=O)O)C(=O)CO2. The molecule has 5 heteroatoms. The molecule has 1 aromatic carbocycles. The number of hydrogen-bond donors (Lipinski definition) is 1. The van der Waals surface area contributed by atoms with Gasteiger partial charge in [0.25, 0.3) is 5.91 Å². The van der Waals surface area contributed by atoms with Crippen LogP contribution < -0.4 is 9.64 Å². The van der Waals surface area contributed by atoms with E-state index in [4.69, 9.17) is 9.84 Å². The molecule has 0 aromatic heterocycles. The lowest BCUT2D eigenvalue weighted by Gasteiger charge is -2.32. The highest BCUT2D eigenvalue weighted by molar-refractivity contribution is 6.02. The van der Waals surface area contributed by atoms with Crippen molar-refractivity contribution in [2.75, 3.05) is 11.5 Å². The lowest BCUT2D eigenvalue weighted by molar-refractivity contribution is -0.140. The second-order valence-corrected chi connectivity index (χ2v) is 4.22. The van der Waals surface area contributed by atoms with Crippen LogP contribution in [0.2, 0.25) is 0 Å². The molecule has 0 spiro atoms. The Hall–Kier alpha value is -2.04. The van der Waals surface area contributed by atoms with Crippen LogP contribution in [0.15, 0.2) is 18.2 Å². The average molecular weight is 249 g/mol. The molecule has 1 aliphatic rings. The van der Waals surface area contributed by atoms with E-state index < -0.39 is 12.0 Å². The van der Waals surface area contributed by atoms with Crippen LogP contribution in [0.3, 0.4) is 0 Å². The standard InChI is InChI=1S/C13H15NO4/c1-3-9-4-5-11-10(6-9)14(8(2)13(16)17)12(15)7-18-11/h4-6,8H,3,7H2,1-2H3,(H,16,17). The molecular formula is C13H15NO4. The molecule has 1 amide bonds. The van der Waals surface area contributed by atoms with E-state index in [2.05, 4.69) is 0 Å². The number of rotatable bonds is 3. The Balaban J connectivity index is 2.48. The molecule has 18 heavy (non-hydrogen) atoms. The molecule has 2 rings (SSSR count). The highest BCUT2D eigenvalue weighted by atomic mass is 16.5. The number of aliphatic carboxylic acids is 1. The summed E-state index contributed by atoms with van der Waals surface area (Å²) in [6, 6.07) is 4.61. The van der Waals surface area contributed by atoms with Gasteiger partial charge in [0.05, 0.1) is 5.69 Å². The van der Waals surface area contributed by atoms with Crippen LogP contribution in [0.1, 0.15) is 19.4 Å². The third kappa shape index (κ3) is 2.03. The summed E-state index contributed by atoms with van der Waals surface area (Å²) in [6.07, 6.45) is 0.816. The minimum Gasteiger partial charge on any atom is -0.482 e. The van der Waals surface area contributed by atoms with E-state index in [-0.39, 0.29) is 12.5 Å². The zero-order valence-electron chi connectivity index (χ0n) is 10.3. The van der Waals surface area contributed by atoms with Crippen LogP contribution in [0.5, 0.6) is 5.75 Å². The van der Waals surface area contributed by atoms with Crippen molar-refractivity contribution >= 4 is 17.6 Å². The van der Waals surface area contributed by atoms with Crippen LogP contribution in [-0.2, 0) is 16.0 Å². The number of amides is 1. The maximum atomic E-state index is 11.8. The zero-order chi connectivity index (χ0) is 13.3. The van der Waals surface area contributed by atoms with Crippen molar-refractivity contribution in [2.45, 2.75) is 26.3 Å². The van der Waals surface area contributed by atoms with E-state index in [1.807, 2.05) is 19.1 Å². The van der Waals surface area contributed by atoms with E-state index in [0.29, 0.717) is 11.4 Å². The van der Waals surface area contributed by atoms with Gasteiger partial charge >= 0.3 is 5.97 Å². The molecule has 0 saturated heterocycles. The molecule has 1 atom stereocenters. The maximum Gasteiger partial charge on any atom is 0.326 e. The second kappa shape index (κ2) is 4.68. The van der Waals surface area contributed by atoms with Crippen molar-refractivity contribution in [1.82, 2.24) is 0 Å². The lowest BCUT2D eigenvalue weighted by atomic mass is 10.1. The number of carbonyl (C=O) groups is 2. The maximum absolute atomic E-state index is 11.8. The molecular weight excluding hydrogens is 234 g/mol. The minimum atomic E-state index is -1.03. The molecule has 1 unspecified atom stereocenters. The molecule has 0 aliphatic carbocycles. The van der Waals surface area contributed by atoms with Crippen molar-refractivity contribution in [3.8, 4) is 5.75 Å². The molecule has 0 bridgehead atoms. The quantitative estimate of drug-likeness (QED) is 0.880. The summed E-state index contributed by atoms with van der Waals surface area (Å²) in [6.45, 7) is 3.38. The number of carboxylic acids is 1. The van der Waals surface area contributed by atoms with Crippen LogP contribution >= 0.6 is 0 Å². The summed E-state index contributed by atoms with van der Waals surface area (Å²) in [4.78, 5) is 24.2.